The van der Waals surface area contributed by atoms with Crippen LogP contribution in [-0.2, 0) is 13.0 Å². The molecule has 0 spiro atoms. The molecule has 2 rings (SSSR count). The van der Waals surface area contributed by atoms with Crippen molar-refractivity contribution in [2.75, 3.05) is 19.7 Å². The Morgan fingerprint density at radius 1 is 1.15 bits per heavy atom. The van der Waals surface area contributed by atoms with E-state index < -0.39 is 12.8 Å². The maximum Gasteiger partial charge on any atom is 0.422 e. The van der Waals surface area contributed by atoms with Crippen LogP contribution >= 0.6 is 0 Å². The second kappa shape index (κ2) is 9.74. The van der Waals surface area contributed by atoms with E-state index >= 15 is 0 Å². The van der Waals surface area contributed by atoms with E-state index in [0.717, 1.165) is 24.3 Å². The molecule has 26 heavy (non-hydrogen) atoms. The van der Waals surface area contributed by atoms with E-state index in [0.29, 0.717) is 19.0 Å². The Kier molecular flexibility index (Phi) is 7.37. The highest BCUT2D eigenvalue weighted by Gasteiger charge is 2.28. The maximum absolute atomic E-state index is 12.1. The van der Waals surface area contributed by atoms with Gasteiger partial charge in [-0.3, -0.25) is 0 Å². The van der Waals surface area contributed by atoms with Crippen molar-refractivity contribution in [1.29, 1.82) is 0 Å². The van der Waals surface area contributed by atoms with Gasteiger partial charge in [-0.05, 0) is 36.8 Å². The van der Waals surface area contributed by atoms with Crippen molar-refractivity contribution in [3.8, 4) is 5.75 Å². The molecule has 0 bridgehead atoms. The lowest BCUT2D eigenvalue weighted by Gasteiger charge is -2.11. The number of rotatable bonds is 8. The number of benzene rings is 1. The van der Waals surface area contributed by atoms with Crippen molar-refractivity contribution in [1.82, 2.24) is 10.6 Å². The second-order valence-electron chi connectivity index (χ2n) is 5.50. The first-order chi connectivity index (χ1) is 12.5. The lowest BCUT2D eigenvalue weighted by molar-refractivity contribution is -0.153. The van der Waals surface area contributed by atoms with Crippen LogP contribution in [0.5, 0.6) is 5.75 Å². The Hall–Kier alpha value is -2.64. The topological polar surface area (TPSA) is 58.8 Å². The first-order valence-electron chi connectivity index (χ1n) is 8.29. The minimum atomic E-state index is -4.34. The molecule has 0 fully saturated rings. The van der Waals surface area contributed by atoms with E-state index in [9.17, 15) is 13.2 Å². The number of hydrogen-bond acceptors (Lipinski definition) is 3. The standard InChI is InChI=1S/C18H22F3N3O2/c1-2-22-17(23-10-9-15-4-3-11-25-15)24-12-14-5-7-16(8-6-14)26-13-18(19,20)21/h3-8,11H,2,9-10,12-13H2,1H3,(H2,22,23,24). The summed E-state index contributed by atoms with van der Waals surface area (Å²) >= 11 is 0. The van der Waals surface area contributed by atoms with Crippen LogP contribution in [0.25, 0.3) is 0 Å². The summed E-state index contributed by atoms with van der Waals surface area (Å²) in [6.45, 7) is 2.46. The number of aliphatic imine (C=N–C) groups is 1. The molecule has 2 N–H and O–H groups in total. The summed E-state index contributed by atoms with van der Waals surface area (Å²) < 4.78 is 46.4. The number of nitrogens with one attached hydrogen (secondary N) is 2. The zero-order valence-corrected chi connectivity index (χ0v) is 14.5. The van der Waals surface area contributed by atoms with E-state index in [2.05, 4.69) is 20.4 Å². The quantitative estimate of drug-likeness (QED) is 0.552. The van der Waals surface area contributed by atoms with Gasteiger partial charge in [0.25, 0.3) is 0 Å². The van der Waals surface area contributed by atoms with E-state index in [-0.39, 0.29) is 5.75 Å². The monoisotopic (exact) mass is 369 g/mol. The Labute approximate surface area is 150 Å². The minimum Gasteiger partial charge on any atom is -0.484 e. The summed E-state index contributed by atoms with van der Waals surface area (Å²) in [5.74, 6) is 1.73. The van der Waals surface area contributed by atoms with Gasteiger partial charge in [-0.25, -0.2) is 4.99 Å². The van der Waals surface area contributed by atoms with Crippen molar-refractivity contribution < 1.29 is 22.3 Å². The first kappa shape index (κ1) is 19.7. The number of ether oxygens (including phenoxy) is 1. The van der Waals surface area contributed by atoms with Gasteiger partial charge in [0.2, 0.25) is 0 Å². The number of alkyl halides is 3. The Morgan fingerprint density at radius 2 is 1.92 bits per heavy atom. The van der Waals surface area contributed by atoms with Crippen LogP contribution in [0.2, 0.25) is 0 Å². The van der Waals surface area contributed by atoms with Crippen molar-refractivity contribution in [3.05, 3.63) is 54.0 Å². The summed E-state index contributed by atoms with van der Waals surface area (Å²) in [6, 6.07) is 10.2. The summed E-state index contributed by atoms with van der Waals surface area (Å²) in [7, 11) is 0. The summed E-state index contributed by atoms with van der Waals surface area (Å²) in [6.07, 6.45) is -1.97. The van der Waals surface area contributed by atoms with Gasteiger partial charge in [-0.2, -0.15) is 13.2 Å². The molecule has 0 aliphatic rings. The van der Waals surface area contributed by atoms with E-state index in [1.807, 2.05) is 19.1 Å². The van der Waals surface area contributed by atoms with Gasteiger partial charge in [0.1, 0.15) is 11.5 Å². The molecule has 0 radical (unpaired) electrons. The highest BCUT2D eigenvalue weighted by atomic mass is 19.4. The predicted octanol–water partition coefficient (Wildman–Crippen LogP) is 3.52. The van der Waals surface area contributed by atoms with Crippen LogP contribution in [-0.4, -0.2) is 31.8 Å². The zero-order valence-electron chi connectivity index (χ0n) is 14.5. The maximum atomic E-state index is 12.1. The van der Waals surface area contributed by atoms with Crippen LogP contribution < -0.4 is 15.4 Å². The zero-order chi connectivity index (χ0) is 18.8. The smallest absolute Gasteiger partial charge is 0.422 e. The van der Waals surface area contributed by atoms with E-state index in [1.165, 1.54) is 12.1 Å². The molecule has 0 aliphatic heterocycles. The van der Waals surface area contributed by atoms with Gasteiger partial charge in [-0.15, -0.1) is 0 Å². The number of guanidine groups is 1. The highest BCUT2D eigenvalue weighted by Crippen LogP contribution is 2.19. The Balaban J connectivity index is 1.83. The van der Waals surface area contributed by atoms with Gasteiger partial charge in [0, 0.05) is 19.5 Å². The molecule has 8 heteroatoms. The molecule has 0 saturated carbocycles. The lowest BCUT2D eigenvalue weighted by atomic mass is 10.2. The van der Waals surface area contributed by atoms with Crippen LogP contribution in [0.15, 0.2) is 52.1 Å². The van der Waals surface area contributed by atoms with Crippen LogP contribution in [0.3, 0.4) is 0 Å². The fourth-order valence-electron chi connectivity index (χ4n) is 2.13. The van der Waals surface area contributed by atoms with Gasteiger partial charge in [0.15, 0.2) is 12.6 Å². The predicted molar refractivity (Wildman–Crippen MR) is 93.2 cm³/mol. The summed E-state index contributed by atoms with van der Waals surface area (Å²) in [5.41, 5.74) is 0.868. The summed E-state index contributed by atoms with van der Waals surface area (Å²) in [5, 5.41) is 6.35. The molecule has 2 aromatic rings. The number of nitrogens with zero attached hydrogens (tertiary/aromatic N) is 1. The van der Waals surface area contributed by atoms with Crippen LogP contribution in [0, 0.1) is 0 Å². The van der Waals surface area contributed by atoms with Gasteiger partial charge in [0.05, 0.1) is 12.8 Å². The molecule has 0 atom stereocenters. The molecule has 142 valence electrons. The molecule has 1 aromatic heterocycles. The average Bonchev–Trinajstić information content (AvgIpc) is 3.11. The molecule has 1 aromatic carbocycles. The molecule has 1 heterocycles. The molecule has 5 nitrogen and oxygen atoms in total. The van der Waals surface area contributed by atoms with Gasteiger partial charge < -0.3 is 19.8 Å². The molecular weight excluding hydrogens is 347 g/mol. The molecular formula is C18H22F3N3O2. The molecule has 0 unspecified atom stereocenters. The summed E-state index contributed by atoms with van der Waals surface area (Å²) in [4.78, 5) is 4.46. The van der Waals surface area contributed by atoms with Crippen molar-refractivity contribution in [3.63, 3.8) is 0 Å². The van der Waals surface area contributed by atoms with Crippen molar-refractivity contribution in [2.45, 2.75) is 26.1 Å². The van der Waals surface area contributed by atoms with E-state index in [1.54, 1.807) is 18.4 Å². The molecule has 0 aliphatic carbocycles. The number of halogens is 3. The average molecular weight is 369 g/mol. The second-order valence-corrected chi connectivity index (χ2v) is 5.50. The minimum absolute atomic E-state index is 0.179. The third kappa shape index (κ3) is 7.50. The van der Waals surface area contributed by atoms with Crippen LogP contribution in [0.1, 0.15) is 18.2 Å². The lowest BCUT2D eigenvalue weighted by Crippen LogP contribution is -2.38. The largest absolute Gasteiger partial charge is 0.484 e. The molecule has 0 amide bonds. The van der Waals surface area contributed by atoms with Crippen LogP contribution in [0.4, 0.5) is 13.2 Å². The van der Waals surface area contributed by atoms with Gasteiger partial charge in [-0.1, -0.05) is 12.1 Å². The fourth-order valence-corrected chi connectivity index (χ4v) is 2.13. The molecule has 0 saturated heterocycles. The van der Waals surface area contributed by atoms with Crippen molar-refractivity contribution >= 4 is 5.96 Å². The highest BCUT2D eigenvalue weighted by molar-refractivity contribution is 5.79. The van der Waals surface area contributed by atoms with Crippen molar-refractivity contribution in [2.24, 2.45) is 4.99 Å². The number of furan rings is 1. The fraction of sp³-hybridized carbons (Fsp3) is 0.389. The van der Waals surface area contributed by atoms with E-state index in [4.69, 9.17) is 4.42 Å². The third-order valence-corrected chi connectivity index (χ3v) is 3.33. The number of hydrogen-bond donors (Lipinski definition) is 2. The Bertz CT molecular complexity index is 668. The SMILES string of the molecule is CCNC(=NCc1ccc(OCC(F)(F)F)cc1)NCCc1ccco1. The third-order valence-electron chi connectivity index (χ3n) is 3.33. The van der Waals surface area contributed by atoms with Gasteiger partial charge >= 0.3 is 6.18 Å². The Morgan fingerprint density at radius 3 is 2.54 bits per heavy atom. The first-order valence-corrected chi connectivity index (χ1v) is 8.29. The normalized spacial score (nSPS) is 12.1.